The molecule has 2 N–H and O–H groups in total. The van der Waals surface area contributed by atoms with Crippen LogP contribution in [-0.4, -0.2) is 23.7 Å². The van der Waals surface area contributed by atoms with Crippen molar-refractivity contribution in [1.29, 1.82) is 0 Å². The first-order valence-corrected chi connectivity index (χ1v) is 8.83. The number of carbonyl (C=O) groups is 1. The summed E-state index contributed by atoms with van der Waals surface area (Å²) in [7, 11) is 0. The minimum absolute atomic E-state index is 0.0709. The lowest BCUT2D eigenvalue weighted by Crippen LogP contribution is -2.47. The van der Waals surface area contributed by atoms with Gasteiger partial charge in [-0.15, -0.1) is 0 Å². The Balaban J connectivity index is 2.29. The molecule has 1 unspecified atom stereocenters. The average molecular weight is 317 g/mol. The Labute approximate surface area is 140 Å². The van der Waals surface area contributed by atoms with Crippen molar-refractivity contribution in [2.24, 2.45) is 0 Å². The summed E-state index contributed by atoms with van der Waals surface area (Å²) in [5.74, 6) is 0.0709. The quantitative estimate of drug-likeness (QED) is 0.890. The second-order valence-corrected chi connectivity index (χ2v) is 8.03. The zero-order valence-corrected chi connectivity index (χ0v) is 15.0. The first kappa shape index (κ1) is 18.0. The maximum absolute atomic E-state index is 12.9. The maximum atomic E-state index is 12.9. The second kappa shape index (κ2) is 7.04. The van der Waals surface area contributed by atoms with Crippen molar-refractivity contribution in [2.45, 2.75) is 76.7 Å². The fraction of sp³-hybridized carbons (Fsp3) is 0.650. The fourth-order valence-corrected chi connectivity index (χ4v) is 3.50. The zero-order chi connectivity index (χ0) is 17.1. The average Bonchev–Trinajstić information content (AvgIpc) is 2.52. The molecule has 128 valence electrons. The van der Waals surface area contributed by atoms with Crippen LogP contribution in [0.4, 0.5) is 0 Å². The predicted octanol–water partition coefficient (Wildman–Crippen LogP) is 3.68. The first-order valence-electron chi connectivity index (χ1n) is 8.83. The molecule has 1 fully saturated rings. The Hall–Kier alpha value is -1.35. The van der Waals surface area contributed by atoms with E-state index in [2.05, 4.69) is 50.4 Å². The van der Waals surface area contributed by atoms with E-state index < -0.39 is 11.5 Å². The molecule has 0 aromatic heterocycles. The van der Waals surface area contributed by atoms with Gasteiger partial charge in [-0.3, -0.25) is 4.79 Å². The van der Waals surface area contributed by atoms with Gasteiger partial charge in [-0.05, 0) is 36.3 Å². The van der Waals surface area contributed by atoms with Gasteiger partial charge in [-0.1, -0.05) is 64.3 Å². The van der Waals surface area contributed by atoms with Crippen molar-refractivity contribution in [3.63, 3.8) is 0 Å². The number of hydrogen-bond acceptors (Lipinski definition) is 2. The van der Waals surface area contributed by atoms with Gasteiger partial charge in [0.2, 0.25) is 5.91 Å². The molecule has 1 saturated carbocycles. The summed E-state index contributed by atoms with van der Waals surface area (Å²) in [5.41, 5.74) is 2.10. The SMILES string of the molecule is CC(O)CNC(=O)C1(c2ccc(C(C)(C)C)cc2)CCCCC1. The molecule has 2 rings (SSSR count). The van der Waals surface area contributed by atoms with E-state index in [1.807, 2.05) is 0 Å². The lowest BCUT2D eigenvalue weighted by atomic mass is 9.68. The molecule has 1 aliphatic rings. The molecular formula is C20H31NO2. The Morgan fingerprint density at radius 3 is 2.22 bits per heavy atom. The Morgan fingerprint density at radius 1 is 1.17 bits per heavy atom. The third kappa shape index (κ3) is 4.14. The minimum atomic E-state index is -0.511. The number of carbonyl (C=O) groups excluding carboxylic acids is 1. The molecule has 1 amide bonds. The van der Waals surface area contributed by atoms with Crippen LogP contribution in [0, 0.1) is 0 Å². The van der Waals surface area contributed by atoms with E-state index in [-0.39, 0.29) is 11.3 Å². The van der Waals surface area contributed by atoms with Crippen LogP contribution in [0.25, 0.3) is 0 Å². The van der Waals surface area contributed by atoms with Crippen molar-refractivity contribution in [2.75, 3.05) is 6.54 Å². The van der Waals surface area contributed by atoms with Crippen LogP contribution < -0.4 is 5.32 Å². The molecule has 0 radical (unpaired) electrons. The van der Waals surface area contributed by atoms with Crippen molar-refractivity contribution in [3.8, 4) is 0 Å². The number of rotatable bonds is 4. The lowest BCUT2D eigenvalue weighted by molar-refractivity contribution is -0.128. The molecule has 0 heterocycles. The van der Waals surface area contributed by atoms with Gasteiger partial charge >= 0.3 is 0 Å². The number of nitrogens with one attached hydrogen (secondary N) is 1. The molecular weight excluding hydrogens is 286 g/mol. The van der Waals surface area contributed by atoms with E-state index in [4.69, 9.17) is 0 Å². The number of aliphatic hydroxyl groups is 1. The highest BCUT2D eigenvalue weighted by Crippen LogP contribution is 2.40. The highest BCUT2D eigenvalue weighted by atomic mass is 16.3. The molecule has 23 heavy (non-hydrogen) atoms. The first-order chi connectivity index (χ1) is 10.8. The van der Waals surface area contributed by atoms with Crippen LogP contribution in [0.15, 0.2) is 24.3 Å². The zero-order valence-electron chi connectivity index (χ0n) is 15.0. The van der Waals surface area contributed by atoms with Crippen LogP contribution in [0.2, 0.25) is 0 Å². The second-order valence-electron chi connectivity index (χ2n) is 8.03. The van der Waals surface area contributed by atoms with Crippen molar-refractivity contribution in [1.82, 2.24) is 5.32 Å². The summed E-state index contributed by atoms with van der Waals surface area (Å²) in [5, 5.41) is 12.4. The van der Waals surface area contributed by atoms with Crippen LogP contribution in [0.5, 0.6) is 0 Å². The van der Waals surface area contributed by atoms with Gasteiger partial charge in [0.1, 0.15) is 0 Å². The standard InChI is InChI=1S/C20H31NO2/c1-15(22)14-21-18(23)20(12-6-5-7-13-20)17-10-8-16(9-11-17)19(2,3)4/h8-11,15,22H,5-7,12-14H2,1-4H3,(H,21,23). The molecule has 0 saturated heterocycles. The molecule has 0 spiro atoms. The van der Waals surface area contributed by atoms with Gasteiger partial charge < -0.3 is 10.4 Å². The van der Waals surface area contributed by atoms with Crippen molar-refractivity contribution in [3.05, 3.63) is 35.4 Å². The van der Waals surface area contributed by atoms with Gasteiger partial charge in [0.25, 0.3) is 0 Å². The summed E-state index contributed by atoms with van der Waals surface area (Å²) in [6.45, 7) is 8.63. The fourth-order valence-electron chi connectivity index (χ4n) is 3.50. The normalized spacial score (nSPS) is 19.2. The highest BCUT2D eigenvalue weighted by Gasteiger charge is 2.41. The van der Waals surface area contributed by atoms with Crippen LogP contribution >= 0.6 is 0 Å². The third-order valence-electron chi connectivity index (χ3n) is 5.00. The molecule has 1 atom stereocenters. The van der Waals surface area contributed by atoms with Gasteiger partial charge in [-0.2, -0.15) is 0 Å². The minimum Gasteiger partial charge on any atom is -0.392 e. The Kier molecular flexibility index (Phi) is 5.51. The summed E-state index contributed by atoms with van der Waals surface area (Å²) in [6, 6.07) is 8.59. The van der Waals surface area contributed by atoms with E-state index in [9.17, 15) is 9.90 Å². The largest absolute Gasteiger partial charge is 0.392 e. The van der Waals surface area contributed by atoms with Crippen LogP contribution in [-0.2, 0) is 15.6 Å². The van der Waals surface area contributed by atoms with Crippen molar-refractivity contribution >= 4 is 5.91 Å². The monoisotopic (exact) mass is 317 g/mol. The number of hydrogen-bond donors (Lipinski definition) is 2. The molecule has 3 heteroatoms. The number of amides is 1. The van der Waals surface area contributed by atoms with Gasteiger partial charge in [0.15, 0.2) is 0 Å². The summed E-state index contributed by atoms with van der Waals surface area (Å²) in [4.78, 5) is 12.9. The van der Waals surface area contributed by atoms with E-state index in [0.29, 0.717) is 6.54 Å². The number of benzene rings is 1. The molecule has 0 bridgehead atoms. The lowest BCUT2D eigenvalue weighted by Gasteiger charge is -2.37. The summed E-state index contributed by atoms with van der Waals surface area (Å²) >= 11 is 0. The van der Waals surface area contributed by atoms with Gasteiger partial charge in [-0.25, -0.2) is 0 Å². The van der Waals surface area contributed by atoms with E-state index in [1.165, 1.54) is 12.0 Å². The van der Waals surface area contributed by atoms with Gasteiger partial charge in [0.05, 0.1) is 11.5 Å². The Morgan fingerprint density at radius 2 is 1.74 bits per heavy atom. The third-order valence-corrected chi connectivity index (χ3v) is 5.00. The maximum Gasteiger partial charge on any atom is 0.230 e. The van der Waals surface area contributed by atoms with Crippen LogP contribution in [0.1, 0.15) is 70.9 Å². The van der Waals surface area contributed by atoms with Gasteiger partial charge in [0, 0.05) is 6.54 Å². The molecule has 1 aromatic carbocycles. The van der Waals surface area contributed by atoms with E-state index >= 15 is 0 Å². The molecule has 0 aliphatic heterocycles. The van der Waals surface area contributed by atoms with Crippen molar-refractivity contribution < 1.29 is 9.90 Å². The molecule has 1 aromatic rings. The number of aliphatic hydroxyl groups excluding tert-OH is 1. The molecule has 3 nitrogen and oxygen atoms in total. The topological polar surface area (TPSA) is 49.3 Å². The molecule has 1 aliphatic carbocycles. The smallest absolute Gasteiger partial charge is 0.230 e. The summed E-state index contributed by atoms with van der Waals surface area (Å²) < 4.78 is 0. The summed E-state index contributed by atoms with van der Waals surface area (Å²) in [6.07, 6.45) is 4.65. The van der Waals surface area contributed by atoms with E-state index in [1.54, 1.807) is 6.92 Å². The van der Waals surface area contributed by atoms with Crippen LogP contribution in [0.3, 0.4) is 0 Å². The predicted molar refractivity (Wildman–Crippen MR) is 94.6 cm³/mol. The Bertz CT molecular complexity index is 520. The van der Waals surface area contributed by atoms with E-state index in [0.717, 1.165) is 31.2 Å². The highest BCUT2D eigenvalue weighted by molar-refractivity contribution is 5.88.